The molecule has 1 aliphatic rings. The van der Waals surface area contributed by atoms with Crippen molar-refractivity contribution >= 4 is 38.4 Å². The summed E-state index contributed by atoms with van der Waals surface area (Å²) in [6, 6.07) is 7.47. The number of amides is 3. The van der Waals surface area contributed by atoms with Crippen LogP contribution in [0.1, 0.15) is 12.0 Å². The molecule has 4 aromatic rings. The number of benzene rings is 1. The molecule has 190 valence electrons. The first-order valence-corrected chi connectivity index (χ1v) is 13.2. The number of anilines is 1. The average Bonchev–Trinajstić information content (AvgIpc) is 3.35. The Kier molecular flexibility index (Phi) is 6.04. The molecule has 1 aromatic carbocycles. The van der Waals surface area contributed by atoms with Gasteiger partial charge in [0, 0.05) is 66.9 Å². The molecule has 2 N–H and O–H groups in total. The van der Waals surface area contributed by atoms with Crippen LogP contribution in [0.3, 0.4) is 0 Å². The van der Waals surface area contributed by atoms with E-state index in [1.807, 2.05) is 0 Å². The minimum Gasteiger partial charge on any atom is -0.488 e. The highest BCUT2D eigenvalue weighted by Crippen LogP contribution is 2.36. The van der Waals surface area contributed by atoms with Crippen LogP contribution >= 0.6 is 0 Å². The lowest BCUT2D eigenvalue weighted by Crippen LogP contribution is -2.50. The number of nitrogens with one attached hydrogen (secondary N) is 2. The van der Waals surface area contributed by atoms with E-state index in [-0.39, 0.29) is 35.9 Å². The molecule has 4 heterocycles. The topological polar surface area (TPSA) is 143 Å². The van der Waals surface area contributed by atoms with E-state index in [1.54, 1.807) is 43.8 Å². The molecule has 0 bridgehead atoms. The summed E-state index contributed by atoms with van der Waals surface area (Å²) in [4.78, 5) is 45.1. The first-order chi connectivity index (χ1) is 17.6. The molecule has 11 nitrogen and oxygen atoms in total. The van der Waals surface area contributed by atoms with Crippen LogP contribution in [0.2, 0.25) is 0 Å². The molecule has 0 aliphatic carbocycles. The quantitative estimate of drug-likeness (QED) is 0.396. The Bertz CT molecular complexity index is 1720. The lowest BCUT2D eigenvalue weighted by molar-refractivity contribution is -0.120. The Morgan fingerprint density at radius 1 is 1.11 bits per heavy atom. The van der Waals surface area contributed by atoms with Gasteiger partial charge in [0.25, 0.3) is 5.56 Å². The van der Waals surface area contributed by atoms with Crippen LogP contribution in [-0.2, 0) is 28.3 Å². The first-order valence-electron chi connectivity index (χ1n) is 11.3. The van der Waals surface area contributed by atoms with Crippen molar-refractivity contribution in [2.75, 3.05) is 17.7 Å². The van der Waals surface area contributed by atoms with Gasteiger partial charge in [-0.05, 0) is 30.3 Å². The Balaban J connectivity index is 1.57. The maximum atomic E-state index is 12.6. The van der Waals surface area contributed by atoms with E-state index >= 15 is 0 Å². The van der Waals surface area contributed by atoms with E-state index in [0.717, 1.165) is 6.26 Å². The number of carbonyl (C=O) groups is 2. The molecule has 5 rings (SSSR count). The second-order valence-electron chi connectivity index (χ2n) is 8.70. The predicted molar refractivity (Wildman–Crippen MR) is 136 cm³/mol. The highest BCUT2D eigenvalue weighted by Gasteiger charge is 2.26. The van der Waals surface area contributed by atoms with Crippen LogP contribution in [0.25, 0.3) is 22.0 Å². The van der Waals surface area contributed by atoms with Gasteiger partial charge < -0.3 is 14.3 Å². The van der Waals surface area contributed by atoms with Gasteiger partial charge in [0.05, 0.1) is 16.8 Å². The third kappa shape index (κ3) is 4.58. The molecular weight excluding hydrogens is 498 g/mol. The second-order valence-corrected chi connectivity index (χ2v) is 10.7. The number of H-pyrrole nitrogens is 1. The van der Waals surface area contributed by atoms with Crippen LogP contribution < -0.4 is 20.5 Å². The monoisotopic (exact) mass is 521 g/mol. The SMILES string of the molecule is Cn1cc(-c2cc(S(C)(=O)=O)ccc2OCc2ccncc2N2CCC(=O)NC2=O)c2cc[nH]c2c1=O. The molecule has 0 atom stereocenters. The van der Waals surface area contributed by atoms with Gasteiger partial charge in [-0.2, -0.15) is 0 Å². The number of sulfone groups is 1. The van der Waals surface area contributed by atoms with Crippen molar-refractivity contribution in [1.29, 1.82) is 0 Å². The zero-order valence-corrected chi connectivity index (χ0v) is 20.8. The molecule has 1 saturated heterocycles. The van der Waals surface area contributed by atoms with Crippen molar-refractivity contribution in [3.63, 3.8) is 0 Å². The lowest BCUT2D eigenvalue weighted by Gasteiger charge is -2.28. The third-order valence-electron chi connectivity index (χ3n) is 6.18. The summed E-state index contributed by atoms with van der Waals surface area (Å²) in [5.74, 6) is 0.0430. The van der Waals surface area contributed by atoms with Gasteiger partial charge in [0.1, 0.15) is 17.9 Å². The first kappa shape index (κ1) is 24.3. The molecular formula is C25H23N5O6S. The summed E-state index contributed by atoms with van der Waals surface area (Å²) in [7, 11) is -1.91. The van der Waals surface area contributed by atoms with Crippen molar-refractivity contribution in [1.82, 2.24) is 19.9 Å². The number of pyridine rings is 2. The van der Waals surface area contributed by atoms with Crippen LogP contribution in [0.15, 0.2) is 64.8 Å². The summed E-state index contributed by atoms with van der Waals surface area (Å²) < 4.78 is 32.3. The Morgan fingerprint density at radius 3 is 2.68 bits per heavy atom. The fraction of sp³-hybridized carbons (Fsp3) is 0.200. The minimum atomic E-state index is -3.53. The number of urea groups is 1. The molecule has 1 fully saturated rings. The van der Waals surface area contributed by atoms with Crippen molar-refractivity contribution in [2.24, 2.45) is 7.05 Å². The molecule has 0 unspecified atom stereocenters. The van der Waals surface area contributed by atoms with Gasteiger partial charge in [-0.15, -0.1) is 0 Å². The Morgan fingerprint density at radius 2 is 1.92 bits per heavy atom. The zero-order chi connectivity index (χ0) is 26.3. The molecule has 0 radical (unpaired) electrons. The van der Waals surface area contributed by atoms with Crippen LogP contribution in [0, 0.1) is 0 Å². The van der Waals surface area contributed by atoms with Gasteiger partial charge in [-0.3, -0.25) is 24.8 Å². The number of carbonyl (C=O) groups excluding carboxylic acids is 2. The van der Waals surface area contributed by atoms with Crippen LogP contribution in [0.4, 0.5) is 10.5 Å². The normalized spacial score (nSPS) is 14.2. The van der Waals surface area contributed by atoms with Crippen molar-refractivity contribution in [3.8, 4) is 16.9 Å². The highest BCUT2D eigenvalue weighted by atomic mass is 32.2. The molecule has 3 aromatic heterocycles. The van der Waals surface area contributed by atoms with Crippen LogP contribution in [-0.4, -0.2) is 47.7 Å². The van der Waals surface area contributed by atoms with E-state index in [4.69, 9.17) is 4.74 Å². The number of fused-ring (bicyclic) bond motifs is 1. The number of nitrogens with zero attached hydrogens (tertiary/aromatic N) is 3. The Labute approximate surface area is 211 Å². The van der Waals surface area contributed by atoms with Crippen molar-refractivity contribution in [3.05, 3.63) is 71.0 Å². The molecule has 12 heteroatoms. The molecule has 1 aliphatic heterocycles. The van der Waals surface area contributed by atoms with Gasteiger partial charge in [-0.1, -0.05) is 0 Å². The van der Waals surface area contributed by atoms with Crippen molar-refractivity contribution < 1.29 is 22.7 Å². The Hall–Kier alpha value is -4.45. The van der Waals surface area contributed by atoms with Gasteiger partial charge >= 0.3 is 6.03 Å². The summed E-state index contributed by atoms with van der Waals surface area (Å²) in [6.45, 7) is 0.240. The van der Waals surface area contributed by atoms with E-state index in [2.05, 4.69) is 15.3 Å². The van der Waals surface area contributed by atoms with Gasteiger partial charge in [0.2, 0.25) is 5.91 Å². The highest BCUT2D eigenvalue weighted by molar-refractivity contribution is 7.90. The fourth-order valence-corrected chi connectivity index (χ4v) is 4.94. The summed E-state index contributed by atoms with van der Waals surface area (Å²) >= 11 is 0. The summed E-state index contributed by atoms with van der Waals surface area (Å²) in [6.07, 6.45) is 7.67. The standard InChI is InChI=1S/C25H23N5O6S/c1-29-13-19(17-6-9-27-23(17)24(29)32)18-11-16(37(2,34)35)3-4-21(18)36-14-15-5-8-26-12-20(15)30-10-7-22(31)28-25(30)33/h3-6,8-9,11-13,27H,7,10,14H2,1-2H3,(H,28,31,33). The molecule has 0 spiro atoms. The molecule has 37 heavy (non-hydrogen) atoms. The number of hydrogen-bond donors (Lipinski definition) is 2. The summed E-state index contributed by atoms with van der Waals surface area (Å²) in [5, 5.41) is 2.92. The molecule has 3 amide bonds. The predicted octanol–water partition coefficient (Wildman–Crippen LogP) is 2.36. The maximum Gasteiger partial charge on any atom is 0.328 e. The van der Waals surface area contributed by atoms with Crippen LogP contribution in [0.5, 0.6) is 5.75 Å². The zero-order valence-electron chi connectivity index (χ0n) is 20.0. The number of aromatic nitrogens is 3. The number of aryl methyl sites for hydroxylation is 1. The van der Waals surface area contributed by atoms with Gasteiger partial charge in [0.15, 0.2) is 9.84 Å². The summed E-state index contributed by atoms with van der Waals surface area (Å²) in [5.41, 5.74) is 2.41. The largest absolute Gasteiger partial charge is 0.488 e. The van der Waals surface area contributed by atoms with Gasteiger partial charge in [-0.25, -0.2) is 13.2 Å². The number of rotatable bonds is 6. The maximum absolute atomic E-state index is 12.6. The minimum absolute atomic E-state index is 0.0306. The number of imide groups is 1. The lowest BCUT2D eigenvalue weighted by atomic mass is 10.0. The van der Waals surface area contributed by atoms with Crippen molar-refractivity contribution in [2.45, 2.75) is 17.9 Å². The number of hydrogen-bond acceptors (Lipinski definition) is 7. The van der Waals surface area contributed by atoms with E-state index < -0.39 is 15.9 Å². The fourth-order valence-electron chi connectivity index (χ4n) is 4.29. The van der Waals surface area contributed by atoms with E-state index in [0.29, 0.717) is 39.0 Å². The number of aromatic amines is 1. The number of ether oxygens (including phenoxy) is 1. The van der Waals surface area contributed by atoms with E-state index in [9.17, 15) is 22.8 Å². The molecule has 0 saturated carbocycles. The van der Waals surface area contributed by atoms with E-state index in [1.165, 1.54) is 27.8 Å². The third-order valence-corrected chi connectivity index (χ3v) is 7.29. The average molecular weight is 522 g/mol. The second kappa shape index (κ2) is 9.21. The smallest absolute Gasteiger partial charge is 0.328 e.